The van der Waals surface area contributed by atoms with E-state index in [0.717, 1.165) is 38.5 Å². The molecule has 0 saturated carbocycles. The molecule has 3 rings (SSSR count). The van der Waals surface area contributed by atoms with Gasteiger partial charge in [0.25, 0.3) is 5.91 Å². The Labute approximate surface area is 136 Å². The average molecular weight is 313 g/mol. The predicted molar refractivity (Wildman–Crippen MR) is 87.7 cm³/mol. The van der Waals surface area contributed by atoms with E-state index in [-0.39, 0.29) is 30.4 Å². The molecule has 2 aliphatic rings. The number of esters is 1. The normalized spacial score (nSPS) is 23.0. The lowest BCUT2D eigenvalue weighted by molar-refractivity contribution is -0.153. The number of fused-ring (bicyclic) bond motifs is 1. The van der Waals surface area contributed by atoms with E-state index in [2.05, 4.69) is 23.5 Å². The molecule has 0 aromatic heterocycles. The van der Waals surface area contributed by atoms with Crippen molar-refractivity contribution in [2.24, 2.45) is 5.92 Å². The Kier molecular flexibility index (Phi) is 5.11. The van der Waals surface area contributed by atoms with Crippen LogP contribution in [0.3, 0.4) is 0 Å². The van der Waals surface area contributed by atoms with Crippen molar-refractivity contribution in [2.75, 3.05) is 6.61 Å². The highest BCUT2D eigenvalue weighted by atomic mass is 16.5. The van der Waals surface area contributed by atoms with E-state index in [4.69, 9.17) is 4.74 Å². The number of nitrogens with one attached hydrogen (secondary N) is 1. The van der Waals surface area contributed by atoms with Crippen molar-refractivity contribution in [3.8, 4) is 0 Å². The summed E-state index contributed by atoms with van der Waals surface area (Å²) in [4.78, 5) is 24.1. The van der Waals surface area contributed by atoms with Crippen LogP contribution in [-0.2, 0) is 20.7 Å². The minimum atomic E-state index is -0.256. The molecule has 0 fully saturated rings. The summed E-state index contributed by atoms with van der Waals surface area (Å²) in [6, 6.07) is 8.25. The van der Waals surface area contributed by atoms with Crippen LogP contribution in [0.15, 0.2) is 36.4 Å². The van der Waals surface area contributed by atoms with Gasteiger partial charge in [-0.2, -0.15) is 0 Å². The van der Waals surface area contributed by atoms with Crippen molar-refractivity contribution >= 4 is 11.9 Å². The fourth-order valence-corrected chi connectivity index (χ4v) is 3.40. The van der Waals surface area contributed by atoms with Crippen LogP contribution in [-0.4, -0.2) is 18.5 Å². The van der Waals surface area contributed by atoms with Crippen LogP contribution in [0.2, 0.25) is 0 Å². The van der Waals surface area contributed by atoms with Crippen LogP contribution in [0.25, 0.3) is 0 Å². The third kappa shape index (κ3) is 4.01. The van der Waals surface area contributed by atoms with Gasteiger partial charge >= 0.3 is 5.97 Å². The maximum atomic E-state index is 12.1. The van der Waals surface area contributed by atoms with E-state index < -0.39 is 0 Å². The molecule has 0 spiro atoms. The maximum absolute atomic E-state index is 12.1. The van der Waals surface area contributed by atoms with Gasteiger partial charge < -0.3 is 10.1 Å². The molecule has 1 aromatic carbocycles. The number of aryl methyl sites for hydroxylation is 1. The molecule has 4 nitrogen and oxygen atoms in total. The highest BCUT2D eigenvalue weighted by Crippen LogP contribution is 2.29. The molecule has 1 amide bonds. The van der Waals surface area contributed by atoms with Crippen molar-refractivity contribution < 1.29 is 14.3 Å². The lowest BCUT2D eigenvalue weighted by Crippen LogP contribution is -2.35. The number of carbonyl (C=O) groups is 2. The number of hydrogen-bond donors (Lipinski definition) is 1. The van der Waals surface area contributed by atoms with Gasteiger partial charge in [0.05, 0.1) is 12.0 Å². The Morgan fingerprint density at radius 2 is 2.04 bits per heavy atom. The maximum Gasteiger partial charge on any atom is 0.309 e. The van der Waals surface area contributed by atoms with E-state index in [1.54, 1.807) is 0 Å². The molecular formula is C19H23NO3. The summed E-state index contributed by atoms with van der Waals surface area (Å²) in [5.74, 6) is -0.567. The van der Waals surface area contributed by atoms with Crippen LogP contribution in [0.5, 0.6) is 0 Å². The van der Waals surface area contributed by atoms with E-state index >= 15 is 0 Å². The second kappa shape index (κ2) is 7.44. The first-order valence-corrected chi connectivity index (χ1v) is 8.43. The number of carbonyl (C=O) groups excluding carboxylic acids is 2. The summed E-state index contributed by atoms with van der Waals surface area (Å²) in [5, 5.41) is 3.00. The van der Waals surface area contributed by atoms with Crippen LogP contribution in [0, 0.1) is 5.92 Å². The molecule has 0 aliphatic heterocycles. The molecule has 4 heteroatoms. The van der Waals surface area contributed by atoms with Gasteiger partial charge in [0.2, 0.25) is 0 Å². The smallest absolute Gasteiger partial charge is 0.309 e. The van der Waals surface area contributed by atoms with Gasteiger partial charge in [0, 0.05) is 0 Å². The van der Waals surface area contributed by atoms with Crippen LogP contribution in [0.4, 0.5) is 0 Å². The molecule has 0 radical (unpaired) electrons. The van der Waals surface area contributed by atoms with Gasteiger partial charge in [-0.1, -0.05) is 36.4 Å². The van der Waals surface area contributed by atoms with Crippen molar-refractivity contribution in [2.45, 2.75) is 44.6 Å². The van der Waals surface area contributed by atoms with E-state index in [1.165, 1.54) is 11.1 Å². The number of amides is 1. The first kappa shape index (κ1) is 15.8. The summed E-state index contributed by atoms with van der Waals surface area (Å²) in [6.45, 7) is -0.183. The van der Waals surface area contributed by atoms with Crippen molar-refractivity contribution in [1.29, 1.82) is 0 Å². The Hall–Kier alpha value is -2.10. The van der Waals surface area contributed by atoms with Crippen LogP contribution < -0.4 is 5.32 Å². The average Bonchev–Trinajstić information content (AvgIpc) is 2.61. The first-order valence-electron chi connectivity index (χ1n) is 8.43. The van der Waals surface area contributed by atoms with Crippen LogP contribution >= 0.6 is 0 Å². The molecule has 1 aromatic rings. The first-order chi connectivity index (χ1) is 11.2. The van der Waals surface area contributed by atoms with Crippen molar-refractivity contribution in [3.05, 3.63) is 47.5 Å². The monoisotopic (exact) mass is 313 g/mol. The lowest BCUT2D eigenvalue weighted by atomic mass is 9.88. The third-order valence-electron chi connectivity index (χ3n) is 4.65. The molecule has 0 bridgehead atoms. The van der Waals surface area contributed by atoms with Gasteiger partial charge in [-0.25, -0.2) is 0 Å². The van der Waals surface area contributed by atoms with Gasteiger partial charge in [-0.3, -0.25) is 9.59 Å². The van der Waals surface area contributed by atoms with Crippen molar-refractivity contribution in [1.82, 2.24) is 5.32 Å². The Bertz CT molecular complexity index is 608. The molecular weight excluding hydrogens is 290 g/mol. The number of rotatable bonds is 4. The van der Waals surface area contributed by atoms with Gasteiger partial charge in [-0.05, 0) is 49.7 Å². The van der Waals surface area contributed by atoms with Gasteiger partial charge in [-0.15, -0.1) is 0 Å². The molecule has 23 heavy (non-hydrogen) atoms. The summed E-state index contributed by atoms with van der Waals surface area (Å²) in [7, 11) is 0. The fraction of sp³-hybridized carbons (Fsp3) is 0.474. The lowest BCUT2D eigenvalue weighted by Gasteiger charge is -2.26. The van der Waals surface area contributed by atoms with Crippen LogP contribution in [0.1, 0.15) is 49.3 Å². The Morgan fingerprint density at radius 1 is 1.17 bits per heavy atom. The molecule has 2 aliphatic carbocycles. The Balaban J connectivity index is 1.50. The highest BCUT2D eigenvalue weighted by molar-refractivity contribution is 5.81. The Morgan fingerprint density at radius 3 is 2.87 bits per heavy atom. The molecule has 2 atom stereocenters. The zero-order valence-corrected chi connectivity index (χ0v) is 13.3. The molecule has 0 heterocycles. The number of hydrogen-bond acceptors (Lipinski definition) is 3. The second-order valence-corrected chi connectivity index (χ2v) is 6.30. The third-order valence-corrected chi connectivity index (χ3v) is 4.65. The number of allylic oxidation sites excluding steroid dienone is 2. The topological polar surface area (TPSA) is 55.4 Å². The molecule has 0 unspecified atom stereocenters. The zero-order chi connectivity index (χ0) is 16.1. The molecule has 122 valence electrons. The standard InChI is InChI=1S/C19H23NO3/c21-18(13-23-19(22)15-8-2-1-3-9-15)20-17-12-6-10-14-7-4-5-11-16(14)17/h1-2,4-5,7,11,15,17H,3,6,8-10,12-13H2,(H,20,21)/t15-,17+/m1/s1. The predicted octanol–water partition coefficient (Wildman–Crippen LogP) is 3.08. The fourth-order valence-electron chi connectivity index (χ4n) is 3.40. The zero-order valence-electron chi connectivity index (χ0n) is 13.3. The molecule has 1 N–H and O–H groups in total. The SMILES string of the molecule is O=C(COC(=O)[C@@H]1CC=CCC1)N[C@H]1CCCc2ccccc21. The minimum Gasteiger partial charge on any atom is -0.455 e. The number of ether oxygens (including phenoxy) is 1. The highest BCUT2D eigenvalue weighted by Gasteiger charge is 2.24. The quantitative estimate of drug-likeness (QED) is 0.686. The van der Waals surface area contributed by atoms with E-state index in [1.807, 2.05) is 18.2 Å². The largest absolute Gasteiger partial charge is 0.455 e. The minimum absolute atomic E-state index is 0.0313. The molecule has 0 saturated heterocycles. The van der Waals surface area contributed by atoms with Gasteiger partial charge in [0.15, 0.2) is 6.61 Å². The summed E-state index contributed by atoms with van der Waals surface area (Å²) in [6.07, 6.45) is 9.59. The summed E-state index contributed by atoms with van der Waals surface area (Å²) in [5.41, 5.74) is 2.49. The summed E-state index contributed by atoms with van der Waals surface area (Å²) >= 11 is 0. The second-order valence-electron chi connectivity index (χ2n) is 6.30. The van der Waals surface area contributed by atoms with E-state index in [9.17, 15) is 9.59 Å². The van der Waals surface area contributed by atoms with Gasteiger partial charge in [0.1, 0.15) is 0 Å². The van der Waals surface area contributed by atoms with Crippen molar-refractivity contribution in [3.63, 3.8) is 0 Å². The number of benzene rings is 1. The summed E-state index contributed by atoms with van der Waals surface area (Å²) < 4.78 is 5.19. The van der Waals surface area contributed by atoms with E-state index in [0.29, 0.717) is 0 Å².